The van der Waals surface area contributed by atoms with Gasteiger partial charge in [0.15, 0.2) is 0 Å². The lowest BCUT2D eigenvalue weighted by Gasteiger charge is -2.35. The minimum Gasteiger partial charge on any atom is -0.481 e. The van der Waals surface area contributed by atoms with Crippen molar-refractivity contribution >= 4 is 23.5 Å². The molecule has 8 heteroatoms. The molecular weight excluding hydrogens is 293 g/mol. The van der Waals surface area contributed by atoms with Crippen LogP contribution in [0.3, 0.4) is 0 Å². The number of halogens is 3. The van der Waals surface area contributed by atoms with E-state index in [9.17, 15) is 18.0 Å². The van der Waals surface area contributed by atoms with Gasteiger partial charge in [-0.1, -0.05) is 6.07 Å². The first-order valence-corrected chi connectivity index (χ1v) is 7.14. The molecular formula is C12H13F3N2O2S. The van der Waals surface area contributed by atoms with E-state index < -0.39 is 17.8 Å². The van der Waals surface area contributed by atoms with E-state index in [0.29, 0.717) is 12.3 Å². The predicted molar refractivity (Wildman–Crippen MR) is 70.0 cm³/mol. The Morgan fingerprint density at radius 1 is 1.50 bits per heavy atom. The number of rotatable bonds is 3. The van der Waals surface area contributed by atoms with Gasteiger partial charge in [-0.3, -0.25) is 4.79 Å². The summed E-state index contributed by atoms with van der Waals surface area (Å²) in [6.45, 7) is 0.497. The highest BCUT2D eigenvalue weighted by atomic mass is 32.2. The first kappa shape index (κ1) is 15.0. The molecule has 2 rings (SSSR count). The van der Waals surface area contributed by atoms with Crippen LogP contribution < -0.4 is 4.90 Å². The number of aromatic nitrogens is 1. The second-order valence-corrected chi connectivity index (χ2v) is 5.55. The number of carbonyl (C=O) groups is 1. The molecule has 2 heterocycles. The molecule has 1 atom stereocenters. The monoisotopic (exact) mass is 306 g/mol. The van der Waals surface area contributed by atoms with Crippen molar-refractivity contribution in [2.45, 2.75) is 18.6 Å². The Bertz CT molecular complexity index is 496. The molecule has 0 aromatic carbocycles. The topological polar surface area (TPSA) is 53.4 Å². The van der Waals surface area contributed by atoms with E-state index in [2.05, 4.69) is 4.98 Å². The number of pyridine rings is 1. The van der Waals surface area contributed by atoms with Crippen molar-refractivity contribution in [3.8, 4) is 0 Å². The van der Waals surface area contributed by atoms with Gasteiger partial charge in [0.05, 0.1) is 6.42 Å². The maximum absolute atomic E-state index is 12.7. The second kappa shape index (κ2) is 5.90. The first-order chi connectivity index (χ1) is 9.38. The minimum atomic E-state index is -4.50. The summed E-state index contributed by atoms with van der Waals surface area (Å²) >= 11 is 1.60. The third-order valence-electron chi connectivity index (χ3n) is 2.96. The van der Waals surface area contributed by atoms with Crippen LogP contribution in [0.5, 0.6) is 0 Å². The van der Waals surface area contributed by atoms with E-state index >= 15 is 0 Å². The summed E-state index contributed by atoms with van der Waals surface area (Å²) in [5.41, 5.74) is -0.956. The Morgan fingerprint density at radius 2 is 2.25 bits per heavy atom. The van der Waals surface area contributed by atoms with Crippen LogP contribution in [0, 0.1) is 0 Å². The SMILES string of the molecule is O=C(O)CC1CSCCN1c1cccc(C(F)(F)F)n1. The van der Waals surface area contributed by atoms with Gasteiger partial charge in [-0.25, -0.2) is 4.98 Å². The number of thioether (sulfide) groups is 1. The fraction of sp³-hybridized carbons (Fsp3) is 0.500. The smallest absolute Gasteiger partial charge is 0.433 e. The number of carboxylic acid groups (broad SMARTS) is 1. The van der Waals surface area contributed by atoms with Crippen molar-refractivity contribution in [2.75, 3.05) is 23.0 Å². The summed E-state index contributed by atoms with van der Waals surface area (Å²) in [5.74, 6) is 0.541. The van der Waals surface area contributed by atoms with Gasteiger partial charge in [-0.15, -0.1) is 0 Å². The van der Waals surface area contributed by atoms with Crippen molar-refractivity contribution in [2.24, 2.45) is 0 Å². The second-order valence-electron chi connectivity index (χ2n) is 4.40. The zero-order valence-electron chi connectivity index (χ0n) is 10.4. The fourth-order valence-electron chi connectivity index (χ4n) is 2.07. The van der Waals surface area contributed by atoms with Crippen molar-refractivity contribution in [3.05, 3.63) is 23.9 Å². The number of carboxylic acids is 1. The third-order valence-corrected chi connectivity index (χ3v) is 4.05. The quantitative estimate of drug-likeness (QED) is 0.930. The van der Waals surface area contributed by atoms with Crippen molar-refractivity contribution < 1.29 is 23.1 Å². The highest BCUT2D eigenvalue weighted by molar-refractivity contribution is 7.99. The molecule has 0 aliphatic carbocycles. The van der Waals surface area contributed by atoms with Gasteiger partial charge < -0.3 is 10.0 Å². The molecule has 1 N–H and O–H groups in total. The molecule has 1 saturated heterocycles. The van der Waals surface area contributed by atoms with Gasteiger partial charge in [0.25, 0.3) is 0 Å². The standard InChI is InChI=1S/C12H13F3N2O2S/c13-12(14,15)9-2-1-3-10(16-9)17-4-5-20-7-8(17)6-11(18)19/h1-3,8H,4-7H2,(H,18,19). The summed E-state index contributed by atoms with van der Waals surface area (Å²) in [7, 11) is 0. The van der Waals surface area contributed by atoms with Crippen LogP contribution in [0.25, 0.3) is 0 Å². The lowest BCUT2D eigenvalue weighted by atomic mass is 10.2. The van der Waals surface area contributed by atoms with Crippen LogP contribution >= 0.6 is 11.8 Å². The van der Waals surface area contributed by atoms with Crippen LogP contribution in [0.4, 0.5) is 19.0 Å². The average Bonchev–Trinajstić information content (AvgIpc) is 2.38. The number of hydrogen-bond donors (Lipinski definition) is 1. The molecule has 1 fully saturated rings. The Balaban J connectivity index is 2.26. The van der Waals surface area contributed by atoms with Gasteiger partial charge in [0.1, 0.15) is 11.5 Å². The minimum absolute atomic E-state index is 0.106. The van der Waals surface area contributed by atoms with Crippen LogP contribution in [-0.4, -0.2) is 40.2 Å². The van der Waals surface area contributed by atoms with E-state index in [1.807, 2.05) is 0 Å². The zero-order valence-corrected chi connectivity index (χ0v) is 11.2. The average molecular weight is 306 g/mol. The maximum atomic E-state index is 12.7. The third kappa shape index (κ3) is 3.56. The summed E-state index contributed by atoms with van der Waals surface area (Å²) in [4.78, 5) is 16.1. The predicted octanol–water partition coefficient (Wildman–Crippen LogP) is 2.50. The van der Waals surface area contributed by atoms with Crippen molar-refractivity contribution in [1.29, 1.82) is 0 Å². The molecule has 0 spiro atoms. The van der Waals surface area contributed by atoms with Crippen LogP contribution in [0.15, 0.2) is 18.2 Å². The summed E-state index contributed by atoms with van der Waals surface area (Å²) < 4.78 is 38.0. The van der Waals surface area contributed by atoms with E-state index in [4.69, 9.17) is 5.11 Å². The molecule has 4 nitrogen and oxygen atoms in total. The first-order valence-electron chi connectivity index (χ1n) is 5.98. The van der Waals surface area contributed by atoms with Crippen LogP contribution in [-0.2, 0) is 11.0 Å². The summed E-state index contributed by atoms with van der Waals surface area (Å²) in [6.07, 6.45) is -4.60. The van der Waals surface area contributed by atoms with E-state index in [1.165, 1.54) is 12.1 Å². The molecule has 0 saturated carbocycles. The Morgan fingerprint density at radius 3 is 2.90 bits per heavy atom. The zero-order chi connectivity index (χ0) is 14.8. The molecule has 0 amide bonds. The van der Waals surface area contributed by atoms with E-state index in [-0.39, 0.29) is 18.3 Å². The number of nitrogens with zero attached hydrogens (tertiary/aromatic N) is 2. The Hall–Kier alpha value is -1.44. The molecule has 20 heavy (non-hydrogen) atoms. The molecule has 0 radical (unpaired) electrons. The molecule has 1 unspecified atom stereocenters. The highest BCUT2D eigenvalue weighted by Gasteiger charge is 2.34. The van der Waals surface area contributed by atoms with Crippen molar-refractivity contribution in [1.82, 2.24) is 4.98 Å². The van der Waals surface area contributed by atoms with E-state index in [0.717, 1.165) is 11.8 Å². The maximum Gasteiger partial charge on any atom is 0.433 e. The molecule has 110 valence electrons. The van der Waals surface area contributed by atoms with Crippen LogP contribution in [0.1, 0.15) is 12.1 Å². The fourth-order valence-corrected chi connectivity index (χ4v) is 3.13. The van der Waals surface area contributed by atoms with E-state index in [1.54, 1.807) is 16.7 Å². The molecule has 1 aliphatic heterocycles. The Labute approximate surface area is 118 Å². The molecule has 1 aliphatic rings. The lowest BCUT2D eigenvalue weighted by molar-refractivity contribution is -0.141. The highest BCUT2D eigenvalue weighted by Crippen LogP contribution is 2.30. The summed E-state index contributed by atoms with van der Waals surface area (Å²) in [5, 5.41) is 8.88. The number of anilines is 1. The Kier molecular flexibility index (Phi) is 4.42. The van der Waals surface area contributed by atoms with Gasteiger partial charge >= 0.3 is 12.1 Å². The molecule has 1 aromatic heterocycles. The van der Waals surface area contributed by atoms with Gasteiger partial charge in [0.2, 0.25) is 0 Å². The van der Waals surface area contributed by atoms with Gasteiger partial charge in [-0.05, 0) is 12.1 Å². The lowest BCUT2D eigenvalue weighted by Crippen LogP contribution is -2.44. The summed E-state index contributed by atoms with van der Waals surface area (Å²) in [6, 6.07) is 3.36. The number of alkyl halides is 3. The number of aliphatic carboxylic acids is 1. The van der Waals surface area contributed by atoms with Gasteiger partial charge in [-0.2, -0.15) is 24.9 Å². The largest absolute Gasteiger partial charge is 0.481 e. The molecule has 1 aromatic rings. The molecule has 0 bridgehead atoms. The van der Waals surface area contributed by atoms with Crippen molar-refractivity contribution in [3.63, 3.8) is 0 Å². The van der Waals surface area contributed by atoms with Crippen LogP contribution in [0.2, 0.25) is 0 Å². The number of hydrogen-bond acceptors (Lipinski definition) is 4. The van der Waals surface area contributed by atoms with Gasteiger partial charge in [0, 0.05) is 24.1 Å². The normalized spacial score (nSPS) is 19.9.